The van der Waals surface area contributed by atoms with Crippen LogP contribution in [0.25, 0.3) is 6.08 Å². The maximum absolute atomic E-state index is 2.31. The maximum atomic E-state index is 2.31. The van der Waals surface area contributed by atoms with Gasteiger partial charge in [-0.15, -0.1) is 0 Å². The van der Waals surface area contributed by atoms with Crippen molar-refractivity contribution >= 4 is 6.08 Å². The van der Waals surface area contributed by atoms with Gasteiger partial charge in [-0.25, -0.2) is 0 Å². The van der Waals surface area contributed by atoms with Crippen molar-refractivity contribution in [3.05, 3.63) is 65.5 Å². The van der Waals surface area contributed by atoms with Gasteiger partial charge in [0.1, 0.15) is 0 Å². The lowest BCUT2D eigenvalue weighted by atomic mass is 10.1. The lowest BCUT2D eigenvalue weighted by molar-refractivity contribution is 0.842. The monoisotopic (exact) mass is 195 g/mol. The number of allylic oxidation sites excluding steroid dienone is 1. The molecule has 1 aliphatic heterocycles. The summed E-state index contributed by atoms with van der Waals surface area (Å²) >= 11 is 0. The standard InChI is InChI=1S/C14H13N/c1-2-5-12(6-3-1)9-13-10-14-7-4-8-15(14)11-13/h1-9H,10-11H2/b13-9+. The van der Waals surface area contributed by atoms with E-state index in [2.05, 4.69) is 59.3 Å². The van der Waals surface area contributed by atoms with Gasteiger partial charge >= 0.3 is 0 Å². The zero-order valence-corrected chi connectivity index (χ0v) is 8.56. The van der Waals surface area contributed by atoms with Crippen molar-refractivity contribution < 1.29 is 0 Å². The molecular weight excluding hydrogens is 182 g/mol. The van der Waals surface area contributed by atoms with E-state index in [0.29, 0.717) is 0 Å². The zero-order chi connectivity index (χ0) is 10.1. The molecule has 3 rings (SSSR count). The molecule has 0 bridgehead atoms. The van der Waals surface area contributed by atoms with Gasteiger partial charge < -0.3 is 4.57 Å². The minimum Gasteiger partial charge on any atom is -0.347 e. The Morgan fingerprint density at radius 2 is 1.87 bits per heavy atom. The molecule has 1 heteroatoms. The average molecular weight is 195 g/mol. The van der Waals surface area contributed by atoms with Crippen LogP contribution in [0.3, 0.4) is 0 Å². The molecule has 0 saturated carbocycles. The summed E-state index contributed by atoms with van der Waals surface area (Å²) in [7, 11) is 0. The van der Waals surface area contributed by atoms with Crippen LogP contribution in [-0.2, 0) is 13.0 Å². The Bertz CT molecular complexity index is 469. The predicted molar refractivity (Wildman–Crippen MR) is 62.6 cm³/mol. The van der Waals surface area contributed by atoms with Crippen molar-refractivity contribution in [1.29, 1.82) is 0 Å². The van der Waals surface area contributed by atoms with Crippen LogP contribution in [0.4, 0.5) is 0 Å². The van der Waals surface area contributed by atoms with Crippen LogP contribution in [-0.4, -0.2) is 4.57 Å². The number of fused-ring (bicyclic) bond motifs is 1. The lowest BCUT2D eigenvalue weighted by Gasteiger charge is -1.97. The molecule has 2 heterocycles. The predicted octanol–water partition coefficient (Wildman–Crippen LogP) is 3.13. The summed E-state index contributed by atoms with van der Waals surface area (Å²) < 4.78 is 2.31. The zero-order valence-electron chi connectivity index (χ0n) is 8.56. The minimum atomic E-state index is 1.05. The molecule has 0 fully saturated rings. The fourth-order valence-corrected chi connectivity index (χ4v) is 2.15. The molecular formula is C14H13N. The Labute approximate surface area is 89.7 Å². The highest BCUT2D eigenvalue weighted by molar-refractivity contribution is 5.54. The average Bonchev–Trinajstić information content (AvgIpc) is 2.79. The second kappa shape index (κ2) is 3.43. The number of nitrogens with zero attached hydrogens (tertiary/aromatic N) is 1. The van der Waals surface area contributed by atoms with Crippen LogP contribution < -0.4 is 0 Å². The number of benzene rings is 1. The summed E-state index contributed by atoms with van der Waals surface area (Å²) in [6.07, 6.45) is 5.55. The molecule has 74 valence electrons. The first-order valence-corrected chi connectivity index (χ1v) is 5.30. The van der Waals surface area contributed by atoms with E-state index in [4.69, 9.17) is 0 Å². The van der Waals surface area contributed by atoms with Crippen LogP contribution >= 0.6 is 0 Å². The Kier molecular flexibility index (Phi) is 1.95. The van der Waals surface area contributed by atoms with Crippen molar-refractivity contribution in [2.24, 2.45) is 0 Å². The van der Waals surface area contributed by atoms with Gasteiger partial charge in [-0.1, -0.05) is 36.4 Å². The van der Waals surface area contributed by atoms with Gasteiger partial charge in [0.2, 0.25) is 0 Å². The highest BCUT2D eigenvalue weighted by atomic mass is 15.0. The van der Waals surface area contributed by atoms with Gasteiger partial charge in [-0.3, -0.25) is 0 Å². The molecule has 0 unspecified atom stereocenters. The molecule has 0 atom stereocenters. The molecule has 0 saturated heterocycles. The summed E-state index contributed by atoms with van der Waals surface area (Å²) in [5.74, 6) is 0. The fourth-order valence-electron chi connectivity index (χ4n) is 2.15. The van der Waals surface area contributed by atoms with Gasteiger partial charge in [0.15, 0.2) is 0 Å². The van der Waals surface area contributed by atoms with E-state index in [1.807, 2.05) is 0 Å². The molecule has 15 heavy (non-hydrogen) atoms. The molecule has 0 aliphatic carbocycles. The number of rotatable bonds is 1. The Morgan fingerprint density at radius 3 is 2.67 bits per heavy atom. The first-order valence-electron chi connectivity index (χ1n) is 5.30. The minimum absolute atomic E-state index is 1.05. The molecule has 2 aromatic rings. The van der Waals surface area contributed by atoms with Gasteiger partial charge in [-0.2, -0.15) is 0 Å². The third-order valence-corrected chi connectivity index (χ3v) is 2.88. The molecule has 0 radical (unpaired) electrons. The van der Waals surface area contributed by atoms with E-state index >= 15 is 0 Å². The van der Waals surface area contributed by atoms with E-state index in [0.717, 1.165) is 13.0 Å². The maximum Gasteiger partial charge on any atom is 0.0439 e. The Balaban J connectivity index is 1.87. The molecule has 1 aromatic heterocycles. The van der Waals surface area contributed by atoms with E-state index in [1.54, 1.807) is 0 Å². The smallest absolute Gasteiger partial charge is 0.0439 e. The van der Waals surface area contributed by atoms with E-state index in [-0.39, 0.29) is 0 Å². The van der Waals surface area contributed by atoms with Gasteiger partial charge in [0, 0.05) is 24.9 Å². The number of hydrogen-bond donors (Lipinski definition) is 0. The summed E-state index contributed by atoms with van der Waals surface area (Å²) in [5, 5.41) is 0. The molecule has 0 spiro atoms. The van der Waals surface area contributed by atoms with Crippen LogP contribution in [0.2, 0.25) is 0 Å². The highest BCUT2D eigenvalue weighted by Gasteiger charge is 2.12. The molecule has 1 nitrogen and oxygen atoms in total. The van der Waals surface area contributed by atoms with E-state index in [1.165, 1.54) is 16.8 Å². The summed E-state index contributed by atoms with van der Waals surface area (Å²) in [6, 6.07) is 14.9. The van der Waals surface area contributed by atoms with Crippen LogP contribution in [0.15, 0.2) is 54.2 Å². The highest BCUT2D eigenvalue weighted by Crippen LogP contribution is 2.22. The second-order valence-electron chi connectivity index (χ2n) is 4.02. The fraction of sp³-hybridized carbons (Fsp3) is 0.143. The van der Waals surface area contributed by atoms with Gasteiger partial charge in [-0.05, 0) is 23.3 Å². The SMILES string of the molecule is C(=C1/Cc2cccn2C1)/c1ccccc1. The number of hydrogen-bond acceptors (Lipinski definition) is 0. The topological polar surface area (TPSA) is 4.93 Å². The number of aromatic nitrogens is 1. The van der Waals surface area contributed by atoms with E-state index in [9.17, 15) is 0 Å². The third-order valence-electron chi connectivity index (χ3n) is 2.88. The van der Waals surface area contributed by atoms with Crippen molar-refractivity contribution in [2.75, 3.05) is 0 Å². The molecule has 1 aliphatic rings. The largest absolute Gasteiger partial charge is 0.347 e. The quantitative estimate of drug-likeness (QED) is 0.659. The molecule has 0 N–H and O–H groups in total. The van der Waals surface area contributed by atoms with Crippen LogP contribution in [0.5, 0.6) is 0 Å². The summed E-state index contributed by atoms with van der Waals surface area (Å²) in [4.78, 5) is 0. The molecule has 0 amide bonds. The van der Waals surface area contributed by atoms with Crippen LogP contribution in [0, 0.1) is 0 Å². The third kappa shape index (κ3) is 1.61. The second-order valence-corrected chi connectivity index (χ2v) is 4.02. The van der Waals surface area contributed by atoms with Crippen LogP contribution in [0.1, 0.15) is 11.3 Å². The van der Waals surface area contributed by atoms with Crippen molar-refractivity contribution in [2.45, 2.75) is 13.0 Å². The first kappa shape index (κ1) is 8.54. The molecule has 1 aromatic carbocycles. The van der Waals surface area contributed by atoms with Crippen molar-refractivity contribution in [3.63, 3.8) is 0 Å². The van der Waals surface area contributed by atoms with Gasteiger partial charge in [0.25, 0.3) is 0 Å². The Morgan fingerprint density at radius 1 is 1.00 bits per heavy atom. The lowest BCUT2D eigenvalue weighted by Crippen LogP contribution is -1.88. The Hall–Kier alpha value is -1.76. The van der Waals surface area contributed by atoms with Crippen molar-refractivity contribution in [3.8, 4) is 0 Å². The first-order chi connectivity index (χ1) is 7.42. The summed E-state index contributed by atoms with van der Waals surface area (Å²) in [6.45, 7) is 1.05. The normalized spacial score (nSPS) is 16.9. The van der Waals surface area contributed by atoms with Gasteiger partial charge in [0.05, 0.1) is 0 Å². The summed E-state index contributed by atoms with van der Waals surface area (Å²) in [5.41, 5.74) is 4.23. The van der Waals surface area contributed by atoms with Crippen molar-refractivity contribution in [1.82, 2.24) is 4.57 Å². The van der Waals surface area contributed by atoms with E-state index < -0.39 is 0 Å².